The van der Waals surface area contributed by atoms with Gasteiger partial charge in [-0.05, 0) is 54.5 Å². The van der Waals surface area contributed by atoms with Gasteiger partial charge in [-0.2, -0.15) is 0 Å². The molecule has 0 saturated carbocycles. The van der Waals surface area contributed by atoms with Crippen LogP contribution in [0.1, 0.15) is 31.2 Å². The number of hydrogen-bond donors (Lipinski definition) is 2. The SMILES string of the molecule is NNC(CCC1CCCO1)Cc1csc2ccccc12. The van der Waals surface area contributed by atoms with Crippen LogP contribution in [0.2, 0.25) is 0 Å². The van der Waals surface area contributed by atoms with Crippen molar-refractivity contribution in [2.24, 2.45) is 5.84 Å². The number of nitrogens with one attached hydrogen (secondary N) is 1. The van der Waals surface area contributed by atoms with Gasteiger partial charge in [-0.1, -0.05) is 18.2 Å². The molecule has 1 fully saturated rings. The number of hydrazine groups is 1. The first-order valence-electron chi connectivity index (χ1n) is 7.39. The Labute approximate surface area is 124 Å². The van der Waals surface area contributed by atoms with Gasteiger partial charge in [0, 0.05) is 17.3 Å². The average molecular weight is 290 g/mol. The van der Waals surface area contributed by atoms with Crippen LogP contribution in [-0.2, 0) is 11.2 Å². The van der Waals surface area contributed by atoms with Crippen molar-refractivity contribution in [1.29, 1.82) is 0 Å². The van der Waals surface area contributed by atoms with Crippen LogP contribution in [0, 0.1) is 0 Å². The highest BCUT2D eigenvalue weighted by atomic mass is 32.1. The molecule has 1 aromatic carbocycles. The molecule has 3 N–H and O–H groups in total. The Bertz CT molecular complexity index is 548. The zero-order valence-electron chi connectivity index (χ0n) is 11.7. The second kappa shape index (κ2) is 6.68. The molecule has 2 atom stereocenters. The summed E-state index contributed by atoms with van der Waals surface area (Å²) in [4.78, 5) is 0. The van der Waals surface area contributed by atoms with Crippen molar-refractivity contribution in [2.45, 2.75) is 44.2 Å². The van der Waals surface area contributed by atoms with Crippen LogP contribution >= 0.6 is 11.3 Å². The van der Waals surface area contributed by atoms with Crippen molar-refractivity contribution in [3.8, 4) is 0 Å². The largest absolute Gasteiger partial charge is 0.378 e. The van der Waals surface area contributed by atoms with Gasteiger partial charge in [0.05, 0.1) is 6.10 Å². The van der Waals surface area contributed by atoms with Crippen LogP contribution < -0.4 is 11.3 Å². The van der Waals surface area contributed by atoms with Gasteiger partial charge < -0.3 is 4.74 Å². The lowest BCUT2D eigenvalue weighted by Crippen LogP contribution is -2.37. The summed E-state index contributed by atoms with van der Waals surface area (Å²) in [5, 5.41) is 3.64. The summed E-state index contributed by atoms with van der Waals surface area (Å²) in [6.07, 6.45) is 6.04. The first kappa shape index (κ1) is 14.0. The molecule has 1 aliphatic heterocycles. The molecule has 0 aliphatic carbocycles. The van der Waals surface area contributed by atoms with E-state index in [4.69, 9.17) is 10.6 Å². The van der Waals surface area contributed by atoms with Crippen molar-refractivity contribution in [2.75, 3.05) is 6.61 Å². The van der Waals surface area contributed by atoms with Gasteiger partial charge >= 0.3 is 0 Å². The number of rotatable bonds is 6. The van der Waals surface area contributed by atoms with Gasteiger partial charge in [0.1, 0.15) is 0 Å². The van der Waals surface area contributed by atoms with E-state index in [1.54, 1.807) is 0 Å². The Kier molecular flexibility index (Phi) is 4.68. The maximum Gasteiger partial charge on any atom is 0.0576 e. The minimum atomic E-state index is 0.331. The molecule has 1 aromatic heterocycles. The predicted octanol–water partition coefficient (Wildman–Crippen LogP) is 3.23. The number of nitrogens with two attached hydrogens (primary N) is 1. The quantitative estimate of drug-likeness (QED) is 0.634. The molecule has 0 bridgehead atoms. The molecule has 2 unspecified atom stereocenters. The fourth-order valence-electron chi connectivity index (χ4n) is 2.96. The van der Waals surface area contributed by atoms with Crippen LogP contribution in [0.25, 0.3) is 10.1 Å². The predicted molar refractivity (Wildman–Crippen MR) is 84.8 cm³/mol. The van der Waals surface area contributed by atoms with Gasteiger partial charge in [0.25, 0.3) is 0 Å². The van der Waals surface area contributed by atoms with E-state index in [0.717, 1.165) is 25.9 Å². The van der Waals surface area contributed by atoms with Crippen molar-refractivity contribution in [3.05, 3.63) is 35.2 Å². The first-order chi connectivity index (χ1) is 9.86. The molecule has 1 aliphatic rings. The number of ether oxygens (including phenoxy) is 1. The van der Waals surface area contributed by atoms with Crippen molar-refractivity contribution in [1.82, 2.24) is 5.43 Å². The van der Waals surface area contributed by atoms with Crippen LogP contribution in [0.4, 0.5) is 0 Å². The summed E-state index contributed by atoms with van der Waals surface area (Å²) in [5.74, 6) is 5.73. The highest BCUT2D eigenvalue weighted by Gasteiger charge is 2.18. The Balaban J connectivity index is 1.61. The lowest BCUT2D eigenvalue weighted by Gasteiger charge is -2.17. The number of fused-ring (bicyclic) bond motifs is 1. The maximum atomic E-state index is 5.73. The molecular formula is C16H22N2OS. The zero-order chi connectivity index (χ0) is 13.8. The van der Waals surface area contributed by atoms with E-state index >= 15 is 0 Å². The third kappa shape index (κ3) is 3.20. The Hall–Kier alpha value is -0.940. The second-order valence-corrected chi connectivity index (χ2v) is 6.45. The van der Waals surface area contributed by atoms with Gasteiger partial charge in [-0.3, -0.25) is 11.3 Å². The Morgan fingerprint density at radius 2 is 2.30 bits per heavy atom. The van der Waals surface area contributed by atoms with E-state index in [1.807, 2.05) is 11.3 Å². The third-order valence-electron chi connectivity index (χ3n) is 4.12. The summed E-state index contributed by atoms with van der Waals surface area (Å²) < 4.78 is 7.05. The summed E-state index contributed by atoms with van der Waals surface area (Å²) in [6, 6.07) is 8.92. The Morgan fingerprint density at radius 1 is 1.40 bits per heavy atom. The smallest absolute Gasteiger partial charge is 0.0576 e. The highest BCUT2D eigenvalue weighted by molar-refractivity contribution is 7.17. The van der Waals surface area contributed by atoms with E-state index in [0.29, 0.717) is 12.1 Å². The normalized spacial score (nSPS) is 20.6. The first-order valence-corrected chi connectivity index (χ1v) is 8.27. The second-order valence-electron chi connectivity index (χ2n) is 5.54. The topological polar surface area (TPSA) is 47.3 Å². The van der Waals surface area contributed by atoms with Crippen LogP contribution in [0.15, 0.2) is 29.6 Å². The number of hydrogen-bond acceptors (Lipinski definition) is 4. The fraction of sp³-hybridized carbons (Fsp3) is 0.500. The van der Waals surface area contributed by atoms with E-state index < -0.39 is 0 Å². The van der Waals surface area contributed by atoms with Gasteiger partial charge in [0.15, 0.2) is 0 Å². The summed E-state index contributed by atoms with van der Waals surface area (Å²) in [6.45, 7) is 0.931. The van der Waals surface area contributed by atoms with E-state index in [2.05, 4.69) is 35.1 Å². The summed E-state index contributed by atoms with van der Waals surface area (Å²) in [7, 11) is 0. The molecule has 0 spiro atoms. The molecule has 0 radical (unpaired) electrons. The monoisotopic (exact) mass is 290 g/mol. The minimum Gasteiger partial charge on any atom is -0.378 e. The average Bonchev–Trinajstić information content (AvgIpc) is 3.13. The summed E-state index contributed by atoms with van der Waals surface area (Å²) in [5.41, 5.74) is 4.38. The van der Waals surface area contributed by atoms with Crippen molar-refractivity contribution < 1.29 is 4.74 Å². The molecule has 3 nitrogen and oxygen atoms in total. The van der Waals surface area contributed by atoms with Crippen LogP contribution in [0.5, 0.6) is 0 Å². The molecule has 4 heteroatoms. The third-order valence-corrected chi connectivity index (χ3v) is 5.14. The minimum absolute atomic E-state index is 0.331. The van der Waals surface area contributed by atoms with Gasteiger partial charge in [-0.25, -0.2) is 0 Å². The molecule has 0 amide bonds. The molecule has 20 heavy (non-hydrogen) atoms. The van der Waals surface area contributed by atoms with E-state index in [9.17, 15) is 0 Å². The van der Waals surface area contributed by atoms with Crippen molar-refractivity contribution in [3.63, 3.8) is 0 Å². The van der Waals surface area contributed by atoms with Gasteiger partial charge in [0.2, 0.25) is 0 Å². The standard InChI is InChI=1S/C16H22N2OS/c17-18-13(7-8-14-4-3-9-19-14)10-12-11-20-16-6-2-1-5-15(12)16/h1-2,5-6,11,13-14,18H,3-4,7-10,17H2. The van der Waals surface area contributed by atoms with E-state index in [-0.39, 0.29) is 0 Å². The summed E-state index contributed by atoms with van der Waals surface area (Å²) >= 11 is 1.82. The molecule has 2 heterocycles. The zero-order valence-corrected chi connectivity index (χ0v) is 12.5. The van der Waals surface area contributed by atoms with E-state index in [1.165, 1.54) is 28.5 Å². The lowest BCUT2D eigenvalue weighted by atomic mass is 9.99. The van der Waals surface area contributed by atoms with Crippen LogP contribution in [0.3, 0.4) is 0 Å². The maximum absolute atomic E-state index is 5.73. The van der Waals surface area contributed by atoms with Crippen molar-refractivity contribution >= 4 is 21.4 Å². The van der Waals surface area contributed by atoms with Gasteiger partial charge in [-0.15, -0.1) is 11.3 Å². The highest BCUT2D eigenvalue weighted by Crippen LogP contribution is 2.27. The molecule has 1 saturated heterocycles. The van der Waals surface area contributed by atoms with Crippen LogP contribution in [-0.4, -0.2) is 18.8 Å². The Morgan fingerprint density at radius 3 is 3.10 bits per heavy atom. The fourth-order valence-corrected chi connectivity index (χ4v) is 3.94. The molecular weight excluding hydrogens is 268 g/mol. The molecule has 2 aromatic rings. The lowest BCUT2D eigenvalue weighted by molar-refractivity contribution is 0.0996. The molecule has 108 valence electrons. The number of benzene rings is 1. The number of thiophene rings is 1. The molecule has 3 rings (SSSR count).